The second-order valence-electron chi connectivity index (χ2n) is 7.85. The number of benzene rings is 2. The summed E-state index contributed by atoms with van der Waals surface area (Å²) in [5.41, 5.74) is 2.06. The molecule has 0 fully saturated rings. The van der Waals surface area contributed by atoms with Crippen LogP contribution in [0.25, 0.3) is 21.9 Å². The summed E-state index contributed by atoms with van der Waals surface area (Å²) in [5, 5.41) is 4.39. The summed E-state index contributed by atoms with van der Waals surface area (Å²) in [5.74, 6) is 0.544. The molecule has 0 aliphatic rings. The number of aromatic amines is 2. The van der Waals surface area contributed by atoms with Crippen molar-refractivity contribution in [3.8, 4) is 0 Å². The van der Waals surface area contributed by atoms with Crippen LogP contribution in [0, 0.1) is 5.92 Å². The number of imidazole rings is 1. The number of nitrogens with zero attached hydrogens (tertiary/aromatic N) is 2. The van der Waals surface area contributed by atoms with Crippen molar-refractivity contribution in [1.29, 1.82) is 0 Å². The lowest BCUT2D eigenvalue weighted by atomic mass is 10.2. The molecule has 3 N–H and O–H groups in total. The Morgan fingerprint density at radius 3 is 2.72 bits per heavy atom. The van der Waals surface area contributed by atoms with Crippen molar-refractivity contribution in [2.75, 3.05) is 11.1 Å². The molecule has 0 saturated carbocycles. The summed E-state index contributed by atoms with van der Waals surface area (Å²) in [6, 6.07) is 10.2. The van der Waals surface area contributed by atoms with Crippen molar-refractivity contribution in [2.24, 2.45) is 5.92 Å². The molecule has 2 heterocycles. The highest BCUT2D eigenvalue weighted by atomic mass is 35.5. The zero-order chi connectivity index (χ0) is 22.8. The Kier molecular flexibility index (Phi) is 6.38. The molecule has 166 valence electrons. The second-order valence-corrected chi connectivity index (χ2v) is 9.35. The van der Waals surface area contributed by atoms with Gasteiger partial charge in [0.2, 0.25) is 5.91 Å². The normalized spacial score (nSPS) is 11.5. The first-order chi connectivity index (χ1) is 15.3. The van der Waals surface area contributed by atoms with Gasteiger partial charge < -0.3 is 15.3 Å². The largest absolute Gasteiger partial charge is 0.326 e. The van der Waals surface area contributed by atoms with E-state index in [0.29, 0.717) is 50.1 Å². The lowest BCUT2D eigenvalue weighted by molar-refractivity contribution is -0.115. The smallest absolute Gasteiger partial charge is 0.323 e. The lowest BCUT2D eigenvalue weighted by Gasteiger charge is -2.15. The van der Waals surface area contributed by atoms with Gasteiger partial charge in [-0.25, -0.2) is 9.78 Å². The minimum Gasteiger partial charge on any atom is -0.326 e. The second kappa shape index (κ2) is 9.22. The molecule has 0 bridgehead atoms. The van der Waals surface area contributed by atoms with E-state index in [1.165, 1.54) is 11.8 Å². The minimum atomic E-state index is -0.294. The molecule has 0 aliphatic heterocycles. The molecular formula is C22H22ClN5O3S. The predicted molar refractivity (Wildman–Crippen MR) is 129 cm³/mol. The highest BCUT2D eigenvalue weighted by molar-refractivity contribution is 7.99. The number of nitrogens with one attached hydrogen (secondary N) is 3. The highest BCUT2D eigenvalue weighted by Gasteiger charge is 2.14. The van der Waals surface area contributed by atoms with Crippen LogP contribution in [0.15, 0.2) is 51.1 Å². The van der Waals surface area contributed by atoms with Crippen LogP contribution in [0.3, 0.4) is 0 Å². The number of anilines is 1. The Bertz CT molecular complexity index is 1420. The van der Waals surface area contributed by atoms with Gasteiger partial charge in [0.25, 0.3) is 5.56 Å². The minimum absolute atomic E-state index is 0.132. The molecule has 0 spiro atoms. The van der Waals surface area contributed by atoms with Crippen LogP contribution in [0.2, 0.25) is 5.02 Å². The first kappa shape index (κ1) is 22.2. The van der Waals surface area contributed by atoms with E-state index in [2.05, 4.69) is 20.3 Å². The fourth-order valence-electron chi connectivity index (χ4n) is 3.38. The molecule has 0 aliphatic carbocycles. The maximum Gasteiger partial charge on any atom is 0.323 e. The number of thioether (sulfide) groups is 1. The number of aromatic nitrogens is 4. The molecule has 2 aromatic heterocycles. The van der Waals surface area contributed by atoms with E-state index in [9.17, 15) is 14.4 Å². The van der Waals surface area contributed by atoms with Gasteiger partial charge in [-0.05, 0) is 42.3 Å². The van der Waals surface area contributed by atoms with E-state index in [1.807, 2.05) is 13.8 Å². The molecule has 4 rings (SSSR count). The molecule has 4 aromatic rings. The predicted octanol–water partition coefficient (Wildman–Crippen LogP) is 4.00. The number of carbonyl (C=O) groups is 1. The summed E-state index contributed by atoms with van der Waals surface area (Å²) < 4.78 is 1.65. The standard InChI is InChI=1S/C22H22ClN5O3S/c1-12(2)11-28-20(30)15-9-13(23)3-5-16(15)27-22(28)32-8-7-19(29)24-14-4-6-17-18(10-14)26-21(31)25-17/h3-6,9-10,12H,7-8,11H2,1-2H3,(H,24,29)(H2,25,26,31). The summed E-state index contributed by atoms with van der Waals surface area (Å²) in [7, 11) is 0. The summed E-state index contributed by atoms with van der Waals surface area (Å²) in [4.78, 5) is 46.8. The number of hydrogen-bond acceptors (Lipinski definition) is 5. The average Bonchev–Trinajstić information content (AvgIpc) is 3.10. The van der Waals surface area contributed by atoms with E-state index in [1.54, 1.807) is 41.0 Å². The van der Waals surface area contributed by atoms with Crippen molar-refractivity contribution >= 4 is 56.9 Å². The van der Waals surface area contributed by atoms with Crippen LogP contribution in [-0.4, -0.2) is 31.2 Å². The van der Waals surface area contributed by atoms with Gasteiger partial charge in [-0.1, -0.05) is 37.2 Å². The maximum absolute atomic E-state index is 13.0. The lowest BCUT2D eigenvalue weighted by Crippen LogP contribution is -2.25. The molecule has 8 nitrogen and oxygen atoms in total. The number of carbonyl (C=O) groups excluding carboxylic acids is 1. The topological polar surface area (TPSA) is 113 Å². The van der Waals surface area contributed by atoms with Crippen LogP contribution in [0.1, 0.15) is 20.3 Å². The van der Waals surface area contributed by atoms with Gasteiger partial charge in [0.15, 0.2) is 5.16 Å². The third kappa shape index (κ3) is 4.89. The Hall–Kier alpha value is -3.04. The van der Waals surface area contributed by atoms with Gasteiger partial charge in [-0.2, -0.15) is 0 Å². The van der Waals surface area contributed by atoms with Crippen LogP contribution < -0.4 is 16.6 Å². The molecule has 2 aromatic carbocycles. The Morgan fingerprint density at radius 2 is 1.94 bits per heavy atom. The van der Waals surface area contributed by atoms with E-state index >= 15 is 0 Å². The zero-order valence-electron chi connectivity index (χ0n) is 17.6. The molecule has 0 atom stereocenters. The number of H-pyrrole nitrogens is 2. The van der Waals surface area contributed by atoms with Gasteiger partial charge in [0.05, 0.1) is 21.9 Å². The van der Waals surface area contributed by atoms with E-state index in [0.717, 1.165) is 0 Å². The SMILES string of the molecule is CC(C)Cn1c(SCCC(=O)Nc2ccc3[nH]c(=O)[nH]c3c2)nc2ccc(Cl)cc2c1=O. The monoisotopic (exact) mass is 471 g/mol. The van der Waals surface area contributed by atoms with Gasteiger partial charge in [0, 0.05) is 29.4 Å². The number of amides is 1. The highest BCUT2D eigenvalue weighted by Crippen LogP contribution is 2.22. The van der Waals surface area contributed by atoms with Gasteiger partial charge in [0.1, 0.15) is 0 Å². The van der Waals surface area contributed by atoms with Crippen LogP contribution in [0.5, 0.6) is 0 Å². The fourth-order valence-corrected chi connectivity index (χ4v) is 4.50. The summed E-state index contributed by atoms with van der Waals surface area (Å²) >= 11 is 7.43. The van der Waals surface area contributed by atoms with Crippen LogP contribution >= 0.6 is 23.4 Å². The van der Waals surface area contributed by atoms with Gasteiger partial charge in [-0.15, -0.1) is 0 Å². The van der Waals surface area contributed by atoms with Crippen molar-refractivity contribution in [2.45, 2.75) is 32.0 Å². The van der Waals surface area contributed by atoms with Crippen molar-refractivity contribution in [1.82, 2.24) is 19.5 Å². The maximum atomic E-state index is 13.0. The molecule has 0 saturated heterocycles. The fraction of sp³-hybridized carbons (Fsp3) is 0.273. The third-order valence-electron chi connectivity index (χ3n) is 4.79. The first-order valence-electron chi connectivity index (χ1n) is 10.1. The first-order valence-corrected chi connectivity index (χ1v) is 11.5. The molecule has 10 heteroatoms. The van der Waals surface area contributed by atoms with Crippen molar-refractivity contribution in [3.05, 3.63) is 62.3 Å². The summed E-state index contributed by atoms with van der Waals surface area (Å²) in [6.45, 7) is 4.59. The number of hydrogen-bond donors (Lipinski definition) is 3. The van der Waals surface area contributed by atoms with Crippen molar-refractivity contribution < 1.29 is 4.79 Å². The Balaban J connectivity index is 1.47. The molecule has 1 amide bonds. The molecule has 0 unspecified atom stereocenters. The molecular weight excluding hydrogens is 450 g/mol. The van der Waals surface area contributed by atoms with Crippen LogP contribution in [0.4, 0.5) is 5.69 Å². The number of halogens is 1. The van der Waals surface area contributed by atoms with Crippen LogP contribution in [-0.2, 0) is 11.3 Å². The van der Waals surface area contributed by atoms with Gasteiger partial charge in [-0.3, -0.25) is 14.2 Å². The van der Waals surface area contributed by atoms with E-state index in [4.69, 9.17) is 11.6 Å². The Labute approximate surface area is 192 Å². The number of fused-ring (bicyclic) bond motifs is 2. The quantitative estimate of drug-likeness (QED) is 0.278. The van der Waals surface area contributed by atoms with Crippen molar-refractivity contribution in [3.63, 3.8) is 0 Å². The van der Waals surface area contributed by atoms with E-state index < -0.39 is 0 Å². The zero-order valence-corrected chi connectivity index (χ0v) is 19.1. The van der Waals surface area contributed by atoms with E-state index in [-0.39, 0.29) is 29.5 Å². The molecule has 32 heavy (non-hydrogen) atoms. The Morgan fingerprint density at radius 1 is 1.16 bits per heavy atom. The molecule has 0 radical (unpaired) electrons. The summed E-state index contributed by atoms with van der Waals surface area (Å²) in [6.07, 6.45) is 0.239. The third-order valence-corrected chi connectivity index (χ3v) is 6.00. The van der Waals surface area contributed by atoms with Gasteiger partial charge >= 0.3 is 5.69 Å². The number of rotatable bonds is 7. The average molecular weight is 472 g/mol.